The molecule has 0 aromatic heterocycles. The lowest BCUT2D eigenvalue weighted by Crippen LogP contribution is -2.45. The number of hydrogen-bond donors (Lipinski definition) is 2. The van der Waals surface area contributed by atoms with E-state index < -0.39 is 6.03 Å². The largest absolute Gasteiger partial charge is 0.341 e. The van der Waals surface area contributed by atoms with Gasteiger partial charge in [0.15, 0.2) is 0 Å². The smallest absolute Gasteiger partial charge is 0.321 e. The first-order chi connectivity index (χ1) is 9.69. The standard InChI is InChI=1S/C15H21N3O2/c1-16-15(20)17-14(19)11-18-9-7-13(8-10-18)12-5-3-2-4-6-12/h2-6,13H,7-11H2,1H3,(H2,16,17,19,20). The molecule has 0 saturated carbocycles. The number of benzene rings is 1. The third-order valence-electron chi connectivity index (χ3n) is 3.71. The van der Waals surface area contributed by atoms with E-state index in [0.717, 1.165) is 25.9 Å². The van der Waals surface area contributed by atoms with Gasteiger partial charge in [0.1, 0.15) is 0 Å². The van der Waals surface area contributed by atoms with Crippen LogP contribution in [0.3, 0.4) is 0 Å². The van der Waals surface area contributed by atoms with Gasteiger partial charge < -0.3 is 5.32 Å². The van der Waals surface area contributed by atoms with E-state index >= 15 is 0 Å². The highest BCUT2D eigenvalue weighted by molar-refractivity contribution is 5.95. The summed E-state index contributed by atoms with van der Waals surface area (Å²) in [6.07, 6.45) is 2.11. The van der Waals surface area contributed by atoms with E-state index in [9.17, 15) is 9.59 Å². The van der Waals surface area contributed by atoms with E-state index in [4.69, 9.17) is 0 Å². The van der Waals surface area contributed by atoms with E-state index in [2.05, 4.69) is 39.8 Å². The van der Waals surface area contributed by atoms with Crippen molar-refractivity contribution in [1.29, 1.82) is 0 Å². The second kappa shape index (κ2) is 7.05. The maximum Gasteiger partial charge on any atom is 0.321 e. The number of rotatable bonds is 3. The molecule has 1 saturated heterocycles. The molecule has 1 aromatic rings. The van der Waals surface area contributed by atoms with Gasteiger partial charge in [-0.1, -0.05) is 30.3 Å². The van der Waals surface area contributed by atoms with Crippen LogP contribution in [-0.2, 0) is 4.79 Å². The summed E-state index contributed by atoms with van der Waals surface area (Å²) in [5, 5.41) is 4.66. The summed E-state index contributed by atoms with van der Waals surface area (Å²) in [6.45, 7) is 2.07. The fraction of sp³-hybridized carbons (Fsp3) is 0.467. The number of hydrogen-bond acceptors (Lipinski definition) is 3. The number of nitrogens with one attached hydrogen (secondary N) is 2. The van der Waals surface area contributed by atoms with Crippen molar-refractivity contribution in [3.05, 3.63) is 35.9 Å². The average molecular weight is 275 g/mol. The molecule has 108 valence electrons. The van der Waals surface area contributed by atoms with Crippen LogP contribution in [-0.4, -0.2) is 43.5 Å². The minimum Gasteiger partial charge on any atom is -0.341 e. The molecule has 1 aliphatic rings. The van der Waals surface area contributed by atoms with E-state index in [-0.39, 0.29) is 12.5 Å². The lowest BCUT2D eigenvalue weighted by Gasteiger charge is -2.31. The van der Waals surface area contributed by atoms with Crippen LogP contribution in [0.1, 0.15) is 24.3 Å². The maximum atomic E-state index is 11.6. The Bertz CT molecular complexity index is 453. The lowest BCUT2D eigenvalue weighted by atomic mass is 9.89. The topological polar surface area (TPSA) is 61.4 Å². The van der Waals surface area contributed by atoms with Crippen LogP contribution < -0.4 is 10.6 Å². The predicted octanol–water partition coefficient (Wildman–Crippen LogP) is 1.32. The van der Waals surface area contributed by atoms with Gasteiger partial charge in [0, 0.05) is 7.05 Å². The molecule has 0 spiro atoms. The van der Waals surface area contributed by atoms with Gasteiger partial charge in [-0.05, 0) is 37.4 Å². The van der Waals surface area contributed by atoms with Crippen LogP contribution in [0.5, 0.6) is 0 Å². The van der Waals surface area contributed by atoms with Crippen molar-refractivity contribution in [2.45, 2.75) is 18.8 Å². The van der Waals surface area contributed by atoms with Crippen LogP contribution in [0.2, 0.25) is 0 Å². The van der Waals surface area contributed by atoms with Gasteiger partial charge in [-0.3, -0.25) is 15.0 Å². The Labute approximate surface area is 119 Å². The minimum atomic E-state index is -0.450. The molecule has 1 heterocycles. The molecular formula is C15H21N3O2. The molecule has 0 unspecified atom stereocenters. The molecule has 0 atom stereocenters. The zero-order valence-corrected chi connectivity index (χ0v) is 11.8. The van der Waals surface area contributed by atoms with Gasteiger partial charge in [0.05, 0.1) is 6.54 Å². The summed E-state index contributed by atoms with van der Waals surface area (Å²) in [6, 6.07) is 10.0. The van der Waals surface area contributed by atoms with Gasteiger partial charge in [-0.2, -0.15) is 0 Å². The molecule has 3 amide bonds. The van der Waals surface area contributed by atoms with Crippen LogP contribution in [0.25, 0.3) is 0 Å². The van der Waals surface area contributed by atoms with Gasteiger partial charge in [-0.15, -0.1) is 0 Å². The zero-order valence-electron chi connectivity index (χ0n) is 11.8. The van der Waals surface area contributed by atoms with E-state index in [1.165, 1.54) is 12.6 Å². The van der Waals surface area contributed by atoms with Crippen molar-refractivity contribution in [3.8, 4) is 0 Å². The van der Waals surface area contributed by atoms with Gasteiger partial charge in [-0.25, -0.2) is 4.79 Å². The average Bonchev–Trinajstić information content (AvgIpc) is 2.48. The summed E-state index contributed by atoms with van der Waals surface area (Å²) >= 11 is 0. The third-order valence-corrected chi connectivity index (χ3v) is 3.71. The number of amides is 3. The van der Waals surface area contributed by atoms with E-state index in [1.54, 1.807) is 0 Å². The molecule has 5 heteroatoms. The highest BCUT2D eigenvalue weighted by Crippen LogP contribution is 2.27. The zero-order chi connectivity index (χ0) is 14.4. The number of carbonyl (C=O) groups is 2. The number of imide groups is 1. The Kier molecular flexibility index (Phi) is 5.12. The molecule has 0 bridgehead atoms. The molecule has 0 radical (unpaired) electrons. The van der Waals surface area contributed by atoms with Crippen LogP contribution >= 0.6 is 0 Å². The monoisotopic (exact) mass is 275 g/mol. The molecule has 20 heavy (non-hydrogen) atoms. The Morgan fingerprint density at radius 1 is 1.20 bits per heavy atom. The number of urea groups is 1. The molecule has 2 rings (SSSR count). The van der Waals surface area contributed by atoms with Gasteiger partial charge in [0.25, 0.3) is 0 Å². The summed E-state index contributed by atoms with van der Waals surface area (Å²) in [5.41, 5.74) is 1.38. The number of piperidine rings is 1. The summed E-state index contributed by atoms with van der Waals surface area (Å²) in [4.78, 5) is 24.8. The van der Waals surface area contributed by atoms with Gasteiger partial charge in [0.2, 0.25) is 5.91 Å². The van der Waals surface area contributed by atoms with Crippen molar-refractivity contribution in [2.24, 2.45) is 0 Å². The molecule has 1 aromatic carbocycles. The second-order valence-corrected chi connectivity index (χ2v) is 5.09. The highest BCUT2D eigenvalue weighted by Gasteiger charge is 2.22. The predicted molar refractivity (Wildman–Crippen MR) is 77.5 cm³/mol. The van der Waals surface area contributed by atoms with Crippen molar-refractivity contribution in [3.63, 3.8) is 0 Å². The fourth-order valence-corrected chi connectivity index (χ4v) is 2.58. The highest BCUT2D eigenvalue weighted by atomic mass is 16.2. The fourth-order valence-electron chi connectivity index (χ4n) is 2.58. The maximum absolute atomic E-state index is 11.6. The van der Waals surface area contributed by atoms with Crippen molar-refractivity contribution in [2.75, 3.05) is 26.7 Å². The van der Waals surface area contributed by atoms with Crippen LogP contribution in [0.4, 0.5) is 4.79 Å². The van der Waals surface area contributed by atoms with Crippen LogP contribution in [0.15, 0.2) is 30.3 Å². The minimum absolute atomic E-state index is 0.248. The third kappa shape index (κ3) is 4.06. The quantitative estimate of drug-likeness (QED) is 0.874. The first-order valence-electron chi connectivity index (χ1n) is 6.98. The first-order valence-corrected chi connectivity index (χ1v) is 6.98. The summed E-state index contributed by atoms with van der Waals surface area (Å²) in [5.74, 6) is 0.331. The molecule has 2 N–H and O–H groups in total. The Balaban J connectivity index is 1.77. The van der Waals surface area contributed by atoms with Crippen molar-refractivity contribution in [1.82, 2.24) is 15.5 Å². The normalized spacial score (nSPS) is 16.6. The van der Waals surface area contributed by atoms with E-state index in [1.807, 2.05) is 6.07 Å². The van der Waals surface area contributed by atoms with Crippen molar-refractivity contribution >= 4 is 11.9 Å². The summed E-state index contributed by atoms with van der Waals surface area (Å²) < 4.78 is 0. The Hall–Kier alpha value is -1.88. The second-order valence-electron chi connectivity index (χ2n) is 5.09. The van der Waals surface area contributed by atoms with Gasteiger partial charge >= 0.3 is 6.03 Å². The number of likely N-dealkylation sites (tertiary alicyclic amines) is 1. The molecule has 0 aliphatic carbocycles. The molecular weight excluding hydrogens is 254 g/mol. The molecule has 1 fully saturated rings. The Morgan fingerprint density at radius 2 is 1.85 bits per heavy atom. The molecule has 5 nitrogen and oxygen atoms in total. The first kappa shape index (κ1) is 14.5. The van der Waals surface area contributed by atoms with E-state index in [0.29, 0.717) is 5.92 Å². The molecule has 1 aliphatic heterocycles. The number of nitrogens with zero attached hydrogens (tertiary/aromatic N) is 1. The summed E-state index contributed by atoms with van der Waals surface area (Å²) in [7, 11) is 1.49. The number of carbonyl (C=O) groups excluding carboxylic acids is 2. The lowest BCUT2D eigenvalue weighted by molar-refractivity contribution is -0.121. The van der Waals surface area contributed by atoms with Crippen molar-refractivity contribution < 1.29 is 9.59 Å². The van der Waals surface area contributed by atoms with Crippen LogP contribution in [0, 0.1) is 0 Å². The SMILES string of the molecule is CNC(=O)NC(=O)CN1CCC(c2ccccc2)CC1. The Morgan fingerprint density at radius 3 is 2.45 bits per heavy atom.